The number of nitrogens with one attached hydrogen (secondary N) is 1. The maximum Gasteiger partial charge on any atom is 0.140 e. The first kappa shape index (κ1) is 12.5. The molecule has 1 atom stereocenters. The molecule has 1 aromatic rings. The zero-order valence-electron chi connectivity index (χ0n) is 11.6. The first-order valence-electron chi connectivity index (χ1n) is 7.30. The number of anilines is 1. The van der Waals surface area contributed by atoms with Crippen LogP contribution < -0.4 is 10.6 Å². The van der Waals surface area contributed by atoms with Crippen LogP contribution in [0.15, 0.2) is 6.07 Å². The molecule has 1 aromatic heterocycles. The Kier molecular flexibility index (Phi) is 3.17. The van der Waals surface area contributed by atoms with Gasteiger partial charge in [0.05, 0.1) is 5.56 Å². The molecule has 1 unspecified atom stereocenters. The van der Waals surface area contributed by atoms with Gasteiger partial charge < -0.3 is 10.6 Å². The molecular weight excluding hydrogens is 236 g/mol. The molecule has 0 saturated carbocycles. The van der Waals surface area contributed by atoms with E-state index in [0.717, 1.165) is 30.8 Å². The minimum Gasteiger partial charge on any atom is -0.384 e. The van der Waals surface area contributed by atoms with E-state index in [1.807, 2.05) is 0 Å². The lowest BCUT2D eigenvalue weighted by Gasteiger charge is -2.27. The first-order valence-corrected chi connectivity index (χ1v) is 7.30. The number of hydrogen-bond acceptors (Lipinski definition) is 3. The van der Waals surface area contributed by atoms with Gasteiger partial charge in [-0.25, -0.2) is 4.98 Å². The van der Waals surface area contributed by atoms with E-state index >= 15 is 0 Å². The van der Waals surface area contributed by atoms with Gasteiger partial charge in [-0.2, -0.15) is 0 Å². The number of nitrogen functional groups attached to an aromatic ring is 1. The summed E-state index contributed by atoms with van der Waals surface area (Å²) < 4.78 is 0. The van der Waals surface area contributed by atoms with Crippen molar-refractivity contribution in [3.63, 3.8) is 0 Å². The summed E-state index contributed by atoms with van der Waals surface area (Å²) >= 11 is 0. The van der Waals surface area contributed by atoms with E-state index in [0.29, 0.717) is 6.04 Å². The Morgan fingerprint density at radius 3 is 2.84 bits per heavy atom. The molecule has 3 N–H and O–H groups in total. The van der Waals surface area contributed by atoms with Gasteiger partial charge in [-0.1, -0.05) is 0 Å². The predicted molar refractivity (Wildman–Crippen MR) is 77.9 cm³/mol. The van der Waals surface area contributed by atoms with Crippen LogP contribution in [0.5, 0.6) is 0 Å². The van der Waals surface area contributed by atoms with Crippen LogP contribution in [0, 0.1) is 5.41 Å². The maximum absolute atomic E-state index is 7.83. The first-order chi connectivity index (χ1) is 9.16. The van der Waals surface area contributed by atoms with E-state index in [9.17, 15) is 0 Å². The SMILES string of the molecule is CC1CCCN1c1nc2c(cc1C(=N)N)CCCC2. The predicted octanol–water partition coefficient (Wildman–Crippen LogP) is 2.23. The highest BCUT2D eigenvalue weighted by Gasteiger charge is 2.26. The summed E-state index contributed by atoms with van der Waals surface area (Å²) in [5, 5.41) is 7.83. The summed E-state index contributed by atoms with van der Waals surface area (Å²) in [6.45, 7) is 3.27. The van der Waals surface area contributed by atoms with Gasteiger partial charge in [0, 0.05) is 18.3 Å². The average molecular weight is 258 g/mol. The number of nitrogens with zero attached hydrogens (tertiary/aromatic N) is 2. The zero-order chi connectivity index (χ0) is 13.4. The molecule has 19 heavy (non-hydrogen) atoms. The van der Waals surface area contributed by atoms with Crippen molar-refractivity contribution in [3.8, 4) is 0 Å². The third-order valence-corrected chi connectivity index (χ3v) is 4.40. The second-order valence-corrected chi connectivity index (χ2v) is 5.77. The molecule has 1 fully saturated rings. The van der Waals surface area contributed by atoms with Crippen molar-refractivity contribution in [3.05, 3.63) is 22.9 Å². The molecule has 4 heteroatoms. The number of aryl methyl sites for hydroxylation is 2. The number of amidine groups is 1. The van der Waals surface area contributed by atoms with E-state index in [1.54, 1.807) is 0 Å². The third-order valence-electron chi connectivity index (χ3n) is 4.40. The van der Waals surface area contributed by atoms with Crippen molar-refractivity contribution in [1.82, 2.24) is 4.98 Å². The summed E-state index contributed by atoms with van der Waals surface area (Å²) in [7, 11) is 0. The van der Waals surface area contributed by atoms with Gasteiger partial charge in [0.25, 0.3) is 0 Å². The summed E-state index contributed by atoms with van der Waals surface area (Å²) in [5.74, 6) is 1.09. The van der Waals surface area contributed by atoms with E-state index in [1.165, 1.54) is 36.9 Å². The van der Waals surface area contributed by atoms with Gasteiger partial charge in [-0.3, -0.25) is 5.41 Å². The lowest BCUT2D eigenvalue weighted by molar-refractivity contribution is 0.660. The normalized spacial score (nSPS) is 22.4. The summed E-state index contributed by atoms with van der Waals surface area (Å²) in [6.07, 6.45) is 7.02. The summed E-state index contributed by atoms with van der Waals surface area (Å²) in [4.78, 5) is 7.20. The van der Waals surface area contributed by atoms with Crippen molar-refractivity contribution in [1.29, 1.82) is 5.41 Å². The van der Waals surface area contributed by atoms with Gasteiger partial charge in [-0.15, -0.1) is 0 Å². The van der Waals surface area contributed by atoms with Crippen LogP contribution in [0.3, 0.4) is 0 Å². The number of aromatic nitrogens is 1. The van der Waals surface area contributed by atoms with E-state index in [-0.39, 0.29) is 5.84 Å². The van der Waals surface area contributed by atoms with Crippen LogP contribution in [-0.4, -0.2) is 23.4 Å². The number of rotatable bonds is 2. The van der Waals surface area contributed by atoms with Crippen LogP contribution in [0.2, 0.25) is 0 Å². The van der Waals surface area contributed by atoms with Crippen LogP contribution in [0.1, 0.15) is 49.4 Å². The fraction of sp³-hybridized carbons (Fsp3) is 0.600. The molecule has 0 bridgehead atoms. The summed E-state index contributed by atoms with van der Waals surface area (Å²) in [6, 6.07) is 2.62. The zero-order valence-corrected chi connectivity index (χ0v) is 11.6. The van der Waals surface area contributed by atoms with Crippen molar-refractivity contribution >= 4 is 11.7 Å². The molecule has 0 radical (unpaired) electrons. The Bertz CT molecular complexity index is 509. The highest BCUT2D eigenvalue weighted by molar-refractivity contribution is 6.00. The van der Waals surface area contributed by atoms with Crippen molar-refractivity contribution in [2.24, 2.45) is 5.73 Å². The number of nitrogens with two attached hydrogens (primary N) is 1. The lowest BCUT2D eigenvalue weighted by Crippen LogP contribution is -2.31. The molecule has 4 nitrogen and oxygen atoms in total. The van der Waals surface area contributed by atoms with Gasteiger partial charge in [0.15, 0.2) is 0 Å². The molecule has 0 amide bonds. The topological polar surface area (TPSA) is 66.0 Å². The minimum absolute atomic E-state index is 0.148. The largest absolute Gasteiger partial charge is 0.384 e. The molecule has 2 heterocycles. The van der Waals surface area contributed by atoms with E-state index in [4.69, 9.17) is 16.1 Å². The molecule has 1 saturated heterocycles. The molecule has 0 aromatic carbocycles. The van der Waals surface area contributed by atoms with Crippen molar-refractivity contribution in [2.75, 3.05) is 11.4 Å². The standard InChI is InChI=1S/C15H22N4/c1-10-5-4-8-19(10)15-12(14(16)17)9-11-6-2-3-7-13(11)18-15/h9-10H,2-8H2,1H3,(H3,16,17). The monoisotopic (exact) mass is 258 g/mol. The second-order valence-electron chi connectivity index (χ2n) is 5.77. The molecule has 102 valence electrons. The number of pyridine rings is 1. The van der Waals surface area contributed by atoms with Crippen LogP contribution in [0.4, 0.5) is 5.82 Å². The Morgan fingerprint density at radius 2 is 2.16 bits per heavy atom. The van der Waals surface area contributed by atoms with Crippen LogP contribution in [-0.2, 0) is 12.8 Å². The van der Waals surface area contributed by atoms with Gasteiger partial charge in [0.2, 0.25) is 0 Å². The maximum atomic E-state index is 7.83. The minimum atomic E-state index is 0.148. The fourth-order valence-corrected chi connectivity index (χ4v) is 3.29. The van der Waals surface area contributed by atoms with E-state index in [2.05, 4.69) is 17.9 Å². The van der Waals surface area contributed by atoms with Crippen molar-refractivity contribution in [2.45, 2.75) is 51.5 Å². The van der Waals surface area contributed by atoms with E-state index < -0.39 is 0 Å². The molecule has 1 aliphatic heterocycles. The Labute approximate surface area is 114 Å². The van der Waals surface area contributed by atoms with Crippen LogP contribution >= 0.6 is 0 Å². The third kappa shape index (κ3) is 2.20. The second kappa shape index (κ2) is 4.83. The molecular formula is C15H22N4. The smallest absolute Gasteiger partial charge is 0.140 e. The lowest BCUT2D eigenvalue weighted by atomic mass is 9.94. The molecule has 2 aliphatic rings. The summed E-state index contributed by atoms with van der Waals surface area (Å²) in [5.41, 5.74) is 9.13. The van der Waals surface area contributed by atoms with Crippen molar-refractivity contribution < 1.29 is 0 Å². The van der Waals surface area contributed by atoms with Crippen LogP contribution in [0.25, 0.3) is 0 Å². The fourth-order valence-electron chi connectivity index (χ4n) is 3.29. The van der Waals surface area contributed by atoms with Gasteiger partial charge in [-0.05, 0) is 57.1 Å². The Hall–Kier alpha value is -1.58. The number of fused-ring (bicyclic) bond motifs is 1. The van der Waals surface area contributed by atoms with Gasteiger partial charge in [0.1, 0.15) is 11.7 Å². The highest BCUT2D eigenvalue weighted by atomic mass is 15.2. The highest BCUT2D eigenvalue weighted by Crippen LogP contribution is 2.30. The molecule has 3 rings (SSSR count). The quantitative estimate of drug-likeness (QED) is 0.631. The molecule has 1 aliphatic carbocycles. The Balaban J connectivity index is 2.08. The molecule has 0 spiro atoms. The van der Waals surface area contributed by atoms with Gasteiger partial charge >= 0.3 is 0 Å². The number of hydrogen-bond donors (Lipinski definition) is 2. The average Bonchev–Trinajstić information content (AvgIpc) is 2.83. The Morgan fingerprint density at radius 1 is 1.37 bits per heavy atom.